The lowest BCUT2D eigenvalue weighted by Gasteiger charge is -2.12. The van der Waals surface area contributed by atoms with Gasteiger partial charge in [0.05, 0.1) is 11.4 Å². The molecule has 0 fully saturated rings. The van der Waals surface area contributed by atoms with Crippen LogP contribution in [0.2, 0.25) is 0 Å². The van der Waals surface area contributed by atoms with E-state index in [9.17, 15) is 8.42 Å². The molecule has 0 radical (unpaired) electrons. The Morgan fingerprint density at radius 2 is 1.93 bits per heavy atom. The summed E-state index contributed by atoms with van der Waals surface area (Å²) in [5, 5.41) is 7.93. The first-order chi connectivity index (χ1) is 14.4. The molecule has 1 heterocycles. The van der Waals surface area contributed by atoms with E-state index in [4.69, 9.17) is 0 Å². The number of aromatic amines is 1. The lowest BCUT2D eigenvalue weighted by molar-refractivity contribution is 0.601. The fourth-order valence-electron chi connectivity index (χ4n) is 3.56. The number of nitrogens with one attached hydrogen (secondary N) is 3. The predicted molar refractivity (Wildman–Crippen MR) is 124 cm³/mol. The molecule has 3 rings (SSSR count). The van der Waals surface area contributed by atoms with Crippen LogP contribution in [0, 0.1) is 6.92 Å². The van der Waals surface area contributed by atoms with Crippen LogP contribution >= 0.6 is 0 Å². The molecular weight excluding hydrogens is 396 g/mol. The number of nitrogens with zero attached hydrogens (tertiary/aromatic N) is 1. The average Bonchev–Trinajstić information content (AvgIpc) is 3.11. The Morgan fingerprint density at radius 1 is 1.13 bits per heavy atom. The molecule has 0 aliphatic carbocycles. The summed E-state index contributed by atoms with van der Waals surface area (Å²) in [6, 6.07) is 13.7. The second-order valence-electron chi connectivity index (χ2n) is 7.46. The molecule has 0 spiro atoms. The van der Waals surface area contributed by atoms with Gasteiger partial charge in [0.15, 0.2) is 15.8 Å². The second-order valence-corrected chi connectivity index (χ2v) is 9.44. The molecule has 6 nitrogen and oxygen atoms in total. The van der Waals surface area contributed by atoms with Crippen molar-refractivity contribution in [1.82, 2.24) is 15.6 Å². The van der Waals surface area contributed by atoms with Crippen LogP contribution in [-0.4, -0.2) is 38.7 Å². The van der Waals surface area contributed by atoms with Crippen molar-refractivity contribution >= 4 is 26.7 Å². The number of guanidine groups is 1. The lowest BCUT2D eigenvalue weighted by Crippen LogP contribution is -2.37. The van der Waals surface area contributed by atoms with Crippen molar-refractivity contribution in [3.8, 4) is 0 Å². The predicted octanol–water partition coefficient (Wildman–Crippen LogP) is 3.57. The standard InChI is InChI=1S/C23H30N4O2S/c1-4-24-23(27-15-18-11-12-22(17(2)14-18)30(3,28)29)25-13-7-8-19-16-26-21-10-6-5-9-20(19)21/h5-6,9-12,14,16,26H,4,7-8,13,15H2,1-3H3,(H2,24,25,27). The van der Waals surface area contributed by atoms with E-state index in [-0.39, 0.29) is 0 Å². The number of aryl methyl sites for hydroxylation is 2. The molecule has 0 bridgehead atoms. The zero-order valence-corrected chi connectivity index (χ0v) is 18.6. The largest absolute Gasteiger partial charge is 0.361 e. The zero-order valence-electron chi connectivity index (χ0n) is 17.8. The van der Waals surface area contributed by atoms with Gasteiger partial charge in [-0.15, -0.1) is 0 Å². The van der Waals surface area contributed by atoms with Crippen LogP contribution in [0.1, 0.15) is 30.0 Å². The van der Waals surface area contributed by atoms with Gasteiger partial charge in [0.25, 0.3) is 0 Å². The summed E-state index contributed by atoms with van der Waals surface area (Å²) in [7, 11) is -3.20. The highest BCUT2D eigenvalue weighted by Gasteiger charge is 2.10. The van der Waals surface area contributed by atoms with Crippen molar-refractivity contribution in [2.24, 2.45) is 4.99 Å². The Hall–Kier alpha value is -2.80. The molecule has 0 unspecified atom stereocenters. The van der Waals surface area contributed by atoms with Gasteiger partial charge in [-0.3, -0.25) is 0 Å². The Balaban J connectivity index is 1.56. The van der Waals surface area contributed by atoms with Crippen molar-refractivity contribution in [1.29, 1.82) is 0 Å². The molecule has 2 aromatic carbocycles. The van der Waals surface area contributed by atoms with Crippen molar-refractivity contribution in [3.05, 3.63) is 65.4 Å². The number of H-pyrrole nitrogens is 1. The number of sulfone groups is 1. The number of hydrogen-bond acceptors (Lipinski definition) is 3. The maximum atomic E-state index is 11.8. The van der Waals surface area contributed by atoms with E-state index in [2.05, 4.69) is 45.0 Å². The van der Waals surface area contributed by atoms with Crippen LogP contribution < -0.4 is 10.6 Å². The Kier molecular flexibility index (Phi) is 7.15. The van der Waals surface area contributed by atoms with Crippen molar-refractivity contribution in [3.63, 3.8) is 0 Å². The van der Waals surface area contributed by atoms with Crippen LogP contribution in [0.3, 0.4) is 0 Å². The number of rotatable bonds is 8. The summed E-state index contributed by atoms with van der Waals surface area (Å²) in [5.74, 6) is 0.765. The lowest BCUT2D eigenvalue weighted by atomic mass is 10.1. The van der Waals surface area contributed by atoms with E-state index in [1.165, 1.54) is 22.7 Å². The normalized spacial score (nSPS) is 12.3. The van der Waals surface area contributed by atoms with E-state index >= 15 is 0 Å². The SMILES string of the molecule is CCNC(=NCc1ccc(S(C)(=O)=O)c(C)c1)NCCCc1c[nH]c2ccccc12. The molecule has 1 aromatic heterocycles. The van der Waals surface area contributed by atoms with Gasteiger partial charge >= 0.3 is 0 Å². The summed E-state index contributed by atoms with van der Waals surface area (Å²) < 4.78 is 23.5. The Labute approximate surface area is 178 Å². The number of para-hydroxylation sites is 1. The molecule has 0 saturated heterocycles. The van der Waals surface area contributed by atoms with Crippen LogP contribution in [-0.2, 0) is 22.8 Å². The molecule has 0 atom stereocenters. The topological polar surface area (TPSA) is 86.3 Å². The fraction of sp³-hybridized carbons (Fsp3) is 0.348. The summed E-state index contributed by atoms with van der Waals surface area (Å²) in [5.41, 5.74) is 4.24. The number of hydrogen-bond donors (Lipinski definition) is 3. The van der Waals surface area contributed by atoms with Gasteiger partial charge in [-0.2, -0.15) is 0 Å². The highest BCUT2D eigenvalue weighted by molar-refractivity contribution is 7.90. The molecule has 3 aromatic rings. The van der Waals surface area contributed by atoms with Crippen LogP contribution in [0.25, 0.3) is 10.9 Å². The first kappa shape index (κ1) is 21.9. The Morgan fingerprint density at radius 3 is 2.67 bits per heavy atom. The molecule has 7 heteroatoms. The molecule has 0 saturated carbocycles. The minimum Gasteiger partial charge on any atom is -0.361 e. The van der Waals surface area contributed by atoms with Gasteiger partial charge in [0.2, 0.25) is 0 Å². The van der Waals surface area contributed by atoms with Crippen LogP contribution in [0.15, 0.2) is 58.5 Å². The summed E-state index contributed by atoms with van der Waals surface area (Å²) in [6.07, 6.45) is 5.31. The fourth-order valence-corrected chi connectivity index (χ4v) is 4.52. The van der Waals surface area contributed by atoms with E-state index in [0.29, 0.717) is 11.4 Å². The van der Waals surface area contributed by atoms with Gasteiger partial charge in [-0.1, -0.05) is 30.3 Å². The molecule has 0 amide bonds. The summed E-state index contributed by atoms with van der Waals surface area (Å²) in [4.78, 5) is 8.33. The quantitative estimate of drug-likeness (QED) is 0.292. The van der Waals surface area contributed by atoms with Crippen LogP contribution in [0.5, 0.6) is 0 Å². The summed E-state index contributed by atoms with van der Waals surface area (Å²) >= 11 is 0. The molecule has 3 N–H and O–H groups in total. The van der Waals surface area contributed by atoms with Gasteiger partial charge in [0, 0.05) is 36.4 Å². The highest BCUT2D eigenvalue weighted by Crippen LogP contribution is 2.19. The second kappa shape index (κ2) is 9.80. The number of aromatic nitrogens is 1. The highest BCUT2D eigenvalue weighted by atomic mass is 32.2. The maximum absolute atomic E-state index is 11.8. The zero-order chi connectivity index (χ0) is 21.6. The van der Waals surface area contributed by atoms with Gasteiger partial charge < -0.3 is 15.6 Å². The number of benzene rings is 2. The van der Waals surface area contributed by atoms with E-state index in [0.717, 1.165) is 43.0 Å². The van der Waals surface area contributed by atoms with E-state index < -0.39 is 9.84 Å². The van der Waals surface area contributed by atoms with Crippen molar-refractivity contribution in [2.45, 2.75) is 38.1 Å². The van der Waals surface area contributed by atoms with Gasteiger partial charge in [-0.25, -0.2) is 13.4 Å². The minimum atomic E-state index is -3.20. The molecule has 160 valence electrons. The minimum absolute atomic E-state index is 0.373. The first-order valence-electron chi connectivity index (χ1n) is 10.2. The first-order valence-corrected chi connectivity index (χ1v) is 12.1. The third kappa shape index (κ3) is 5.63. The third-order valence-corrected chi connectivity index (χ3v) is 6.25. The smallest absolute Gasteiger partial charge is 0.191 e. The van der Waals surface area contributed by atoms with Crippen LogP contribution in [0.4, 0.5) is 0 Å². The summed E-state index contributed by atoms with van der Waals surface area (Å²) in [6.45, 7) is 5.94. The van der Waals surface area contributed by atoms with E-state index in [1.807, 2.05) is 32.0 Å². The molecule has 0 aliphatic rings. The third-order valence-electron chi connectivity index (χ3n) is 4.99. The van der Waals surface area contributed by atoms with Gasteiger partial charge in [0.1, 0.15) is 0 Å². The molecule has 0 aliphatic heterocycles. The van der Waals surface area contributed by atoms with Gasteiger partial charge in [-0.05, 0) is 55.5 Å². The van der Waals surface area contributed by atoms with Crippen molar-refractivity contribution < 1.29 is 8.42 Å². The monoisotopic (exact) mass is 426 g/mol. The average molecular weight is 427 g/mol. The number of fused-ring (bicyclic) bond motifs is 1. The van der Waals surface area contributed by atoms with Crippen molar-refractivity contribution in [2.75, 3.05) is 19.3 Å². The molecular formula is C23H30N4O2S. The maximum Gasteiger partial charge on any atom is 0.191 e. The molecule has 30 heavy (non-hydrogen) atoms. The Bertz CT molecular complexity index is 1130. The number of aliphatic imine (C=N–C) groups is 1. The van der Waals surface area contributed by atoms with E-state index in [1.54, 1.807) is 6.07 Å².